The summed E-state index contributed by atoms with van der Waals surface area (Å²) in [4.78, 5) is 4.47. The number of aromatic nitrogens is 1. The third kappa shape index (κ3) is 2.80. The molecule has 6 heteroatoms. The van der Waals surface area contributed by atoms with Gasteiger partial charge >= 0.3 is 0 Å². The van der Waals surface area contributed by atoms with E-state index in [0.717, 1.165) is 34.7 Å². The van der Waals surface area contributed by atoms with Gasteiger partial charge in [0.1, 0.15) is 17.2 Å². The molecule has 0 bridgehead atoms. The fraction of sp³-hybridized carbons (Fsp3) is 0.143. The molecule has 2 atom stereocenters. The summed E-state index contributed by atoms with van der Waals surface area (Å²) in [6, 6.07) is 18.6. The number of phenolic OH excluding ortho intramolecular Hbond substituents is 1. The van der Waals surface area contributed by atoms with E-state index in [-0.39, 0.29) is 11.8 Å². The van der Waals surface area contributed by atoms with Crippen LogP contribution >= 0.6 is 11.6 Å². The number of rotatable bonds is 2. The molecule has 0 unspecified atom stereocenters. The molecule has 1 N–H and O–H groups in total. The van der Waals surface area contributed by atoms with Crippen molar-refractivity contribution < 1.29 is 9.84 Å². The average Bonchev–Trinajstić information content (AvgIpc) is 3.14. The number of halogens is 1. The van der Waals surface area contributed by atoms with Gasteiger partial charge in [0.15, 0.2) is 0 Å². The van der Waals surface area contributed by atoms with Crippen molar-refractivity contribution in [3.8, 4) is 11.5 Å². The van der Waals surface area contributed by atoms with Crippen molar-refractivity contribution in [1.29, 1.82) is 0 Å². The maximum absolute atomic E-state index is 9.56. The van der Waals surface area contributed by atoms with Crippen LogP contribution in [0.4, 0.5) is 0 Å². The maximum atomic E-state index is 9.56. The summed E-state index contributed by atoms with van der Waals surface area (Å²) in [6.07, 6.45) is 2.08. The lowest BCUT2D eigenvalue weighted by Gasteiger charge is -2.37. The average molecular weight is 378 g/mol. The van der Waals surface area contributed by atoms with Crippen molar-refractivity contribution in [1.82, 2.24) is 9.99 Å². The van der Waals surface area contributed by atoms with Crippen LogP contribution < -0.4 is 4.74 Å². The van der Waals surface area contributed by atoms with Crippen LogP contribution in [0, 0.1) is 0 Å². The van der Waals surface area contributed by atoms with Gasteiger partial charge in [-0.2, -0.15) is 5.10 Å². The Morgan fingerprint density at radius 3 is 2.70 bits per heavy atom. The van der Waals surface area contributed by atoms with Gasteiger partial charge in [-0.15, -0.1) is 0 Å². The van der Waals surface area contributed by atoms with Crippen molar-refractivity contribution >= 4 is 17.3 Å². The minimum atomic E-state index is -0.403. The van der Waals surface area contributed by atoms with Gasteiger partial charge in [0.05, 0.1) is 11.8 Å². The van der Waals surface area contributed by atoms with Gasteiger partial charge in [0, 0.05) is 23.2 Å². The van der Waals surface area contributed by atoms with E-state index in [4.69, 9.17) is 21.4 Å². The highest BCUT2D eigenvalue weighted by Gasteiger charge is 2.41. The first-order chi connectivity index (χ1) is 13.2. The molecule has 2 aliphatic heterocycles. The first-order valence-corrected chi connectivity index (χ1v) is 9.09. The number of nitrogens with zero attached hydrogens (tertiary/aromatic N) is 3. The first kappa shape index (κ1) is 16.1. The molecule has 5 rings (SSSR count). The Morgan fingerprint density at radius 2 is 1.93 bits per heavy atom. The van der Waals surface area contributed by atoms with Crippen molar-refractivity contribution in [3.05, 3.63) is 88.7 Å². The van der Waals surface area contributed by atoms with E-state index < -0.39 is 6.23 Å². The Hall–Kier alpha value is -3.05. The molecular weight excluding hydrogens is 362 g/mol. The van der Waals surface area contributed by atoms with Crippen molar-refractivity contribution in [2.45, 2.75) is 18.7 Å². The monoisotopic (exact) mass is 377 g/mol. The maximum Gasteiger partial charge on any atom is 0.230 e. The fourth-order valence-corrected chi connectivity index (χ4v) is 3.78. The second kappa shape index (κ2) is 6.28. The molecule has 2 aliphatic rings. The SMILES string of the molecule is Oc1ccc(C2=NN3[C@@H](c4ccccn4)Oc4ccc(Cl)cc4[C@@H]3C2)cc1. The zero-order valence-electron chi connectivity index (χ0n) is 14.3. The molecule has 2 aromatic carbocycles. The summed E-state index contributed by atoms with van der Waals surface area (Å²) in [5.41, 5.74) is 3.74. The first-order valence-electron chi connectivity index (χ1n) is 8.71. The number of hydrogen-bond acceptors (Lipinski definition) is 5. The molecule has 3 aromatic rings. The lowest BCUT2D eigenvalue weighted by Crippen LogP contribution is -2.34. The van der Waals surface area contributed by atoms with E-state index in [9.17, 15) is 5.11 Å². The molecule has 1 aromatic heterocycles. The molecule has 0 aliphatic carbocycles. The molecule has 27 heavy (non-hydrogen) atoms. The molecule has 0 saturated heterocycles. The molecular formula is C21H16ClN3O2. The van der Waals surface area contributed by atoms with Crippen molar-refractivity contribution in [2.75, 3.05) is 0 Å². The Bertz CT molecular complexity index is 1020. The van der Waals surface area contributed by atoms with E-state index in [2.05, 4.69) is 4.98 Å². The van der Waals surface area contributed by atoms with Gasteiger partial charge in [-0.25, -0.2) is 5.01 Å². The van der Waals surface area contributed by atoms with Gasteiger partial charge < -0.3 is 9.84 Å². The van der Waals surface area contributed by atoms with Crippen molar-refractivity contribution in [2.24, 2.45) is 5.10 Å². The number of hydrazone groups is 1. The second-order valence-corrected chi connectivity index (χ2v) is 7.04. The molecule has 134 valence electrons. The van der Waals surface area contributed by atoms with Crippen LogP contribution in [0.5, 0.6) is 11.5 Å². The Kier molecular flexibility index (Phi) is 3.76. The predicted octanol–water partition coefficient (Wildman–Crippen LogP) is 4.68. The van der Waals surface area contributed by atoms with Crippen LogP contribution in [-0.4, -0.2) is 20.8 Å². The number of pyridine rings is 1. The number of ether oxygens (including phenoxy) is 1. The second-order valence-electron chi connectivity index (χ2n) is 6.60. The smallest absolute Gasteiger partial charge is 0.230 e. The zero-order valence-corrected chi connectivity index (χ0v) is 15.0. The molecule has 0 amide bonds. The lowest BCUT2D eigenvalue weighted by atomic mass is 9.96. The number of fused-ring (bicyclic) bond motifs is 3. The van der Waals surface area contributed by atoms with E-state index in [1.165, 1.54) is 0 Å². The molecule has 0 saturated carbocycles. The Morgan fingerprint density at radius 1 is 1.07 bits per heavy atom. The fourth-order valence-electron chi connectivity index (χ4n) is 3.60. The summed E-state index contributed by atoms with van der Waals surface area (Å²) in [5, 5.41) is 17.1. The molecule has 3 heterocycles. The molecule has 5 nitrogen and oxygen atoms in total. The summed E-state index contributed by atoms with van der Waals surface area (Å²) < 4.78 is 6.25. The van der Waals surface area contributed by atoms with Crippen LogP contribution in [0.2, 0.25) is 5.02 Å². The highest BCUT2D eigenvalue weighted by atomic mass is 35.5. The minimum absolute atomic E-state index is 0.0169. The predicted molar refractivity (Wildman–Crippen MR) is 103 cm³/mol. The van der Waals surface area contributed by atoms with Crippen LogP contribution in [0.15, 0.2) is 72.0 Å². The molecule has 0 fully saturated rings. The lowest BCUT2D eigenvalue weighted by molar-refractivity contribution is -0.0218. The van der Waals surface area contributed by atoms with E-state index in [0.29, 0.717) is 5.02 Å². The highest BCUT2D eigenvalue weighted by Crippen LogP contribution is 2.47. The Labute approximate surface area is 161 Å². The molecule has 0 radical (unpaired) electrons. The van der Waals surface area contributed by atoms with E-state index in [1.807, 2.05) is 53.5 Å². The number of benzene rings is 2. The van der Waals surface area contributed by atoms with Gasteiger partial charge in [-0.1, -0.05) is 17.7 Å². The van der Waals surface area contributed by atoms with E-state index >= 15 is 0 Å². The van der Waals surface area contributed by atoms with Gasteiger partial charge in [0.25, 0.3) is 0 Å². The highest BCUT2D eigenvalue weighted by molar-refractivity contribution is 6.30. The van der Waals surface area contributed by atoms with E-state index in [1.54, 1.807) is 18.3 Å². The summed E-state index contributed by atoms with van der Waals surface area (Å²) in [7, 11) is 0. The summed E-state index contributed by atoms with van der Waals surface area (Å²) >= 11 is 6.24. The van der Waals surface area contributed by atoms with Crippen molar-refractivity contribution in [3.63, 3.8) is 0 Å². The quantitative estimate of drug-likeness (QED) is 0.704. The van der Waals surface area contributed by atoms with Crippen LogP contribution in [0.1, 0.15) is 35.5 Å². The topological polar surface area (TPSA) is 58.0 Å². The van der Waals surface area contributed by atoms with Crippen LogP contribution in [0.25, 0.3) is 0 Å². The largest absolute Gasteiger partial charge is 0.508 e. The standard InChI is InChI=1S/C21H16ClN3O2/c22-14-6-9-20-16(11-14)19-12-18(13-4-7-15(26)8-5-13)24-25(19)21(27-20)17-3-1-2-10-23-17/h1-11,19,21,26H,12H2/t19-,21+/m0/s1. The summed E-state index contributed by atoms with van der Waals surface area (Å²) in [5.74, 6) is 1.04. The summed E-state index contributed by atoms with van der Waals surface area (Å²) in [6.45, 7) is 0. The Balaban J connectivity index is 1.60. The number of hydrogen-bond donors (Lipinski definition) is 1. The van der Waals surface area contributed by atoms with Crippen LogP contribution in [-0.2, 0) is 0 Å². The third-order valence-corrected chi connectivity index (χ3v) is 5.13. The minimum Gasteiger partial charge on any atom is -0.508 e. The van der Waals surface area contributed by atoms with Crippen LogP contribution in [0.3, 0.4) is 0 Å². The normalized spacial score (nSPS) is 20.5. The number of aromatic hydroxyl groups is 1. The molecule has 0 spiro atoms. The third-order valence-electron chi connectivity index (χ3n) is 4.89. The van der Waals surface area contributed by atoms with Gasteiger partial charge in [-0.05, 0) is 60.2 Å². The van der Waals surface area contributed by atoms with Gasteiger partial charge in [-0.3, -0.25) is 4.98 Å². The zero-order chi connectivity index (χ0) is 18.4. The number of phenols is 1. The van der Waals surface area contributed by atoms with Gasteiger partial charge in [0.2, 0.25) is 6.23 Å².